The van der Waals surface area contributed by atoms with Gasteiger partial charge in [0.25, 0.3) is 0 Å². The van der Waals surface area contributed by atoms with Gasteiger partial charge < -0.3 is 19.7 Å². The van der Waals surface area contributed by atoms with Gasteiger partial charge in [0.05, 0.1) is 7.11 Å². The van der Waals surface area contributed by atoms with Crippen molar-refractivity contribution < 1.29 is 23.9 Å². The predicted octanol–water partition coefficient (Wildman–Crippen LogP) is 2.40. The topological polar surface area (TPSA) is 84.9 Å². The van der Waals surface area contributed by atoms with Crippen LogP contribution in [0.2, 0.25) is 0 Å². The number of esters is 1. The number of rotatable bonds is 6. The van der Waals surface area contributed by atoms with Crippen molar-refractivity contribution in [3.63, 3.8) is 0 Å². The number of hydrogen-bond donors (Lipinski definition) is 1. The van der Waals surface area contributed by atoms with Gasteiger partial charge in [-0.1, -0.05) is 13.0 Å². The number of ether oxygens (including phenoxy) is 2. The zero-order valence-electron chi connectivity index (χ0n) is 15.8. The maximum atomic E-state index is 13.0. The molecule has 25 heavy (non-hydrogen) atoms. The molecular weight excluding hydrogens is 324 g/mol. The Morgan fingerprint density at radius 3 is 2.44 bits per heavy atom. The van der Waals surface area contributed by atoms with E-state index in [9.17, 15) is 14.4 Å². The summed E-state index contributed by atoms with van der Waals surface area (Å²) in [5, 5.41) is 2.61. The third-order valence-corrected chi connectivity index (χ3v) is 4.07. The Hall–Kier alpha value is -2.05. The van der Waals surface area contributed by atoms with Crippen LogP contribution in [0.5, 0.6) is 0 Å². The summed E-state index contributed by atoms with van der Waals surface area (Å²) >= 11 is 0. The quantitative estimate of drug-likeness (QED) is 0.585. The number of carbonyl (C=O) groups excluding carboxylic acids is 3. The van der Waals surface area contributed by atoms with Gasteiger partial charge in [0, 0.05) is 6.04 Å². The third kappa shape index (κ3) is 5.76. The van der Waals surface area contributed by atoms with E-state index in [2.05, 4.69) is 11.9 Å². The van der Waals surface area contributed by atoms with Gasteiger partial charge in [-0.2, -0.15) is 0 Å². The lowest BCUT2D eigenvalue weighted by atomic mass is 10.1. The summed E-state index contributed by atoms with van der Waals surface area (Å²) in [5.74, 6) is -0.736. The van der Waals surface area contributed by atoms with Crippen LogP contribution in [0, 0.1) is 0 Å². The van der Waals surface area contributed by atoms with E-state index in [1.54, 1.807) is 38.7 Å². The van der Waals surface area contributed by atoms with E-state index in [0.29, 0.717) is 25.7 Å². The maximum absolute atomic E-state index is 13.0. The summed E-state index contributed by atoms with van der Waals surface area (Å²) in [4.78, 5) is 38.6. The zero-order valence-corrected chi connectivity index (χ0v) is 15.8. The average molecular weight is 354 g/mol. The number of methoxy groups -OCH3 is 1. The molecule has 1 N–H and O–H groups in total. The molecular formula is C18H30N2O5. The van der Waals surface area contributed by atoms with Crippen molar-refractivity contribution in [1.29, 1.82) is 0 Å². The van der Waals surface area contributed by atoms with Crippen LogP contribution in [0.15, 0.2) is 12.7 Å². The number of hydrogen-bond acceptors (Lipinski definition) is 5. The van der Waals surface area contributed by atoms with Crippen molar-refractivity contribution in [2.24, 2.45) is 0 Å². The highest BCUT2D eigenvalue weighted by atomic mass is 16.6. The number of carbonyl (C=O) groups is 3. The molecule has 0 aromatic heterocycles. The first kappa shape index (κ1) is 21.0. The Labute approximate surface area is 149 Å². The lowest BCUT2D eigenvalue weighted by Gasteiger charge is -2.32. The molecule has 1 aliphatic heterocycles. The van der Waals surface area contributed by atoms with Gasteiger partial charge in [0.1, 0.15) is 17.7 Å². The molecule has 7 heteroatoms. The number of nitrogens with zero attached hydrogens (tertiary/aromatic N) is 1. The summed E-state index contributed by atoms with van der Waals surface area (Å²) in [7, 11) is 1.31. The summed E-state index contributed by atoms with van der Waals surface area (Å²) in [6.45, 7) is 10.8. The number of alkyl carbamates (subject to hydrolysis) is 1. The standard InChI is InChI=1S/C18H30N2O5/c1-7-9-12-10-11-14(16(22)24-6)20(12)15(21)13(8-2)19-17(23)25-18(3,4)5/h7,12-14H,1,8-11H2,2-6H3,(H,19,23)/t12?,13-,14-/m0/s1. The Kier molecular flexibility index (Phi) is 7.45. The Morgan fingerprint density at radius 2 is 1.96 bits per heavy atom. The van der Waals surface area contributed by atoms with Gasteiger partial charge in [0.2, 0.25) is 5.91 Å². The van der Waals surface area contributed by atoms with Gasteiger partial charge >= 0.3 is 12.1 Å². The number of amides is 2. The van der Waals surface area contributed by atoms with Crippen LogP contribution in [0.25, 0.3) is 0 Å². The monoisotopic (exact) mass is 354 g/mol. The van der Waals surface area contributed by atoms with E-state index in [4.69, 9.17) is 9.47 Å². The molecule has 142 valence electrons. The van der Waals surface area contributed by atoms with Crippen LogP contribution in [0.1, 0.15) is 53.4 Å². The number of likely N-dealkylation sites (tertiary alicyclic amines) is 1. The van der Waals surface area contributed by atoms with Crippen LogP contribution in [0.3, 0.4) is 0 Å². The van der Waals surface area contributed by atoms with Crippen LogP contribution in [-0.2, 0) is 19.1 Å². The van der Waals surface area contributed by atoms with Crippen molar-refractivity contribution >= 4 is 18.0 Å². The van der Waals surface area contributed by atoms with Crippen molar-refractivity contribution in [3.8, 4) is 0 Å². The third-order valence-electron chi connectivity index (χ3n) is 4.07. The van der Waals surface area contributed by atoms with E-state index in [0.717, 1.165) is 0 Å². The second-order valence-electron chi connectivity index (χ2n) is 7.15. The summed E-state index contributed by atoms with van der Waals surface area (Å²) in [6, 6.07) is -1.51. The molecule has 0 aliphatic carbocycles. The minimum atomic E-state index is -0.757. The van der Waals surface area contributed by atoms with Gasteiger partial charge in [-0.25, -0.2) is 9.59 Å². The molecule has 3 atom stereocenters. The van der Waals surface area contributed by atoms with E-state index >= 15 is 0 Å². The highest BCUT2D eigenvalue weighted by Gasteiger charge is 2.43. The molecule has 7 nitrogen and oxygen atoms in total. The highest BCUT2D eigenvalue weighted by molar-refractivity contribution is 5.90. The van der Waals surface area contributed by atoms with Crippen molar-refractivity contribution in [3.05, 3.63) is 12.7 Å². The van der Waals surface area contributed by atoms with Gasteiger partial charge in [-0.05, 0) is 46.5 Å². The fraction of sp³-hybridized carbons (Fsp3) is 0.722. The normalized spacial score (nSPS) is 21.4. The molecule has 0 saturated carbocycles. The van der Waals surface area contributed by atoms with E-state index < -0.39 is 29.7 Å². The summed E-state index contributed by atoms with van der Waals surface area (Å²) in [5.41, 5.74) is -0.654. The largest absolute Gasteiger partial charge is 0.467 e. The predicted molar refractivity (Wildman–Crippen MR) is 93.9 cm³/mol. The lowest BCUT2D eigenvalue weighted by molar-refractivity contribution is -0.153. The smallest absolute Gasteiger partial charge is 0.408 e. The fourth-order valence-electron chi connectivity index (χ4n) is 2.98. The second kappa shape index (κ2) is 8.87. The zero-order chi connectivity index (χ0) is 19.2. The maximum Gasteiger partial charge on any atom is 0.408 e. The van der Waals surface area contributed by atoms with Crippen molar-refractivity contribution in [1.82, 2.24) is 10.2 Å². The lowest BCUT2D eigenvalue weighted by Crippen LogP contribution is -2.54. The van der Waals surface area contributed by atoms with E-state index in [1.165, 1.54) is 7.11 Å². The van der Waals surface area contributed by atoms with Gasteiger partial charge in [-0.15, -0.1) is 6.58 Å². The summed E-state index contributed by atoms with van der Waals surface area (Å²) in [6.07, 6.45) is 3.29. The molecule has 1 aliphatic rings. The van der Waals surface area contributed by atoms with Crippen molar-refractivity contribution in [2.75, 3.05) is 7.11 Å². The fourth-order valence-corrected chi connectivity index (χ4v) is 2.98. The Bertz CT molecular complexity index is 512. The van der Waals surface area contributed by atoms with Crippen LogP contribution in [0.4, 0.5) is 4.79 Å². The van der Waals surface area contributed by atoms with E-state index in [-0.39, 0.29) is 11.9 Å². The first-order valence-corrected chi connectivity index (χ1v) is 8.65. The van der Waals surface area contributed by atoms with E-state index in [1.807, 2.05) is 0 Å². The summed E-state index contributed by atoms with van der Waals surface area (Å²) < 4.78 is 10.1. The molecule has 1 heterocycles. The molecule has 1 fully saturated rings. The molecule has 1 rings (SSSR count). The molecule has 0 spiro atoms. The molecule has 0 bridgehead atoms. The molecule has 0 aromatic carbocycles. The van der Waals surface area contributed by atoms with Crippen LogP contribution in [-0.4, -0.2) is 53.7 Å². The minimum absolute atomic E-state index is 0.122. The van der Waals surface area contributed by atoms with Gasteiger partial charge in [-0.3, -0.25) is 4.79 Å². The SMILES string of the molecule is C=CCC1CC[C@@H](C(=O)OC)N1C(=O)[C@H](CC)NC(=O)OC(C)(C)C. The molecule has 0 radical (unpaired) electrons. The molecule has 1 saturated heterocycles. The molecule has 2 amide bonds. The van der Waals surface area contributed by atoms with Crippen LogP contribution >= 0.6 is 0 Å². The number of nitrogens with one attached hydrogen (secondary N) is 1. The first-order chi connectivity index (χ1) is 11.6. The minimum Gasteiger partial charge on any atom is -0.467 e. The second-order valence-corrected chi connectivity index (χ2v) is 7.15. The highest BCUT2D eigenvalue weighted by Crippen LogP contribution is 2.28. The van der Waals surface area contributed by atoms with Gasteiger partial charge in [0.15, 0.2) is 0 Å². The van der Waals surface area contributed by atoms with Crippen LogP contribution < -0.4 is 5.32 Å². The first-order valence-electron chi connectivity index (χ1n) is 8.65. The molecule has 1 unspecified atom stereocenters. The average Bonchev–Trinajstić information content (AvgIpc) is 2.93. The molecule has 0 aromatic rings. The Balaban J connectivity index is 2.93. The Morgan fingerprint density at radius 1 is 1.32 bits per heavy atom. The van der Waals surface area contributed by atoms with Crippen molar-refractivity contribution in [2.45, 2.75) is 77.1 Å².